The molecule has 0 amide bonds. The summed E-state index contributed by atoms with van der Waals surface area (Å²) in [5.74, 6) is 0.421. The van der Waals surface area contributed by atoms with E-state index in [1.54, 1.807) is 0 Å². The maximum absolute atomic E-state index is 13.3. The fraction of sp³-hybridized carbons (Fsp3) is 0.333. The molecule has 1 aromatic rings. The number of Topliss-reactive ketones (excluding diaryl/α,β-unsaturated/α-hetero) is 1. The minimum absolute atomic E-state index is 0.0418. The molecule has 0 radical (unpaired) electrons. The summed E-state index contributed by atoms with van der Waals surface area (Å²) < 4.78 is 0. The van der Waals surface area contributed by atoms with Gasteiger partial charge in [-0.3, -0.25) is 4.79 Å². The van der Waals surface area contributed by atoms with Crippen LogP contribution in [0.1, 0.15) is 36.7 Å². The lowest BCUT2D eigenvalue weighted by molar-refractivity contribution is 0.104. The van der Waals surface area contributed by atoms with E-state index in [4.69, 9.17) is 0 Å². The molecule has 0 N–H and O–H groups in total. The van der Waals surface area contributed by atoms with E-state index in [9.17, 15) is 4.79 Å². The molecule has 1 unspecified atom stereocenters. The van der Waals surface area contributed by atoms with E-state index in [0.717, 1.165) is 22.3 Å². The molecule has 2 heteroatoms. The number of ketones is 1. The molecule has 26 heavy (non-hydrogen) atoms. The van der Waals surface area contributed by atoms with Crippen LogP contribution in [-0.2, 0) is 0 Å². The summed E-state index contributed by atoms with van der Waals surface area (Å²) in [5.41, 5.74) is 10.2. The highest BCUT2D eigenvalue weighted by molar-refractivity contribution is 6.85. The molecule has 0 saturated carbocycles. The second kappa shape index (κ2) is 5.42. The van der Waals surface area contributed by atoms with Gasteiger partial charge in [-0.25, -0.2) is 0 Å². The largest absolute Gasteiger partial charge is 0.289 e. The van der Waals surface area contributed by atoms with Crippen LogP contribution in [0.25, 0.3) is 5.57 Å². The molecule has 0 bridgehead atoms. The molecule has 3 aliphatic rings. The minimum Gasteiger partial charge on any atom is -0.289 e. The Hall–Kier alpha value is -2.15. The van der Waals surface area contributed by atoms with Gasteiger partial charge in [0.15, 0.2) is 5.78 Å². The molecular weight excluding hydrogens is 332 g/mol. The molecule has 0 fully saturated rings. The Morgan fingerprint density at radius 1 is 1.00 bits per heavy atom. The van der Waals surface area contributed by atoms with Gasteiger partial charge in [-0.15, -0.1) is 5.73 Å². The van der Waals surface area contributed by atoms with Crippen LogP contribution in [0.3, 0.4) is 0 Å². The molecular formula is C24H26OSi. The van der Waals surface area contributed by atoms with E-state index in [1.165, 1.54) is 16.3 Å². The summed E-state index contributed by atoms with van der Waals surface area (Å²) in [4.78, 5) is 13.3. The summed E-state index contributed by atoms with van der Waals surface area (Å²) in [6, 6.07) is 8.08. The van der Waals surface area contributed by atoms with Gasteiger partial charge in [-0.1, -0.05) is 88.1 Å². The molecule has 3 aliphatic carbocycles. The number of hydrogen-bond acceptors (Lipinski definition) is 1. The van der Waals surface area contributed by atoms with Crippen molar-refractivity contribution in [2.45, 2.75) is 40.4 Å². The van der Waals surface area contributed by atoms with Gasteiger partial charge in [0.2, 0.25) is 0 Å². The Labute approximate surface area is 157 Å². The van der Waals surface area contributed by atoms with Crippen molar-refractivity contribution in [3.05, 3.63) is 81.3 Å². The van der Waals surface area contributed by atoms with Gasteiger partial charge in [-0.05, 0) is 16.6 Å². The highest BCUT2D eigenvalue weighted by Gasteiger charge is 2.41. The Bertz CT molecular complexity index is 993. The van der Waals surface area contributed by atoms with E-state index < -0.39 is 8.07 Å². The van der Waals surface area contributed by atoms with Gasteiger partial charge in [-0.2, -0.15) is 0 Å². The van der Waals surface area contributed by atoms with E-state index >= 15 is 0 Å². The number of hydrogen-bond donors (Lipinski definition) is 0. The van der Waals surface area contributed by atoms with Crippen molar-refractivity contribution in [2.75, 3.05) is 0 Å². The summed E-state index contributed by atoms with van der Waals surface area (Å²) in [5, 5.41) is 1.30. The summed E-state index contributed by atoms with van der Waals surface area (Å²) in [6.45, 7) is 13.6. The number of carbonyl (C=O) groups is 1. The van der Waals surface area contributed by atoms with Crippen LogP contribution in [-0.4, -0.2) is 13.9 Å². The fourth-order valence-corrected chi connectivity index (χ4v) is 5.75. The average Bonchev–Trinajstić information content (AvgIpc) is 2.86. The van der Waals surface area contributed by atoms with Crippen molar-refractivity contribution >= 4 is 19.4 Å². The van der Waals surface area contributed by atoms with E-state index in [-0.39, 0.29) is 17.1 Å². The van der Waals surface area contributed by atoms with Gasteiger partial charge < -0.3 is 0 Å². The van der Waals surface area contributed by atoms with Crippen molar-refractivity contribution in [1.82, 2.24) is 0 Å². The first kappa shape index (κ1) is 17.3. The molecule has 0 aliphatic heterocycles. The molecule has 4 rings (SSSR count). The smallest absolute Gasteiger partial charge is 0.194 e. The number of benzene rings is 1. The molecule has 1 atom stereocenters. The van der Waals surface area contributed by atoms with Gasteiger partial charge >= 0.3 is 0 Å². The molecule has 0 spiro atoms. The van der Waals surface area contributed by atoms with Crippen LogP contribution >= 0.6 is 0 Å². The molecule has 132 valence electrons. The highest BCUT2D eigenvalue weighted by Crippen LogP contribution is 2.50. The predicted octanol–water partition coefficient (Wildman–Crippen LogP) is 6.14. The van der Waals surface area contributed by atoms with Gasteiger partial charge in [0, 0.05) is 28.2 Å². The lowest BCUT2D eigenvalue weighted by atomic mass is 9.77. The third-order valence-corrected chi connectivity index (χ3v) is 7.52. The van der Waals surface area contributed by atoms with Crippen LogP contribution in [0.5, 0.6) is 0 Å². The Morgan fingerprint density at radius 3 is 2.27 bits per heavy atom. The molecule has 0 saturated heterocycles. The third kappa shape index (κ3) is 2.48. The minimum atomic E-state index is -1.65. The zero-order chi connectivity index (χ0) is 18.9. The second-order valence-corrected chi connectivity index (χ2v) is 14.6. The van der Waals surface area contributed by atoms with Crippen LogP contribution in [0, 0.1) is 11.3 Å². The van der Waals surface area contributed by atoms with Gasteiger partial charge in [0.1, 0.15) is 0 Å². The summed E-state index contributed by atoms with van der Waals surface area (Å²) in [7, 11) is -1.65. The summed E-state index contributed by atoms with van der Waals surface area (Å²) >= 11 is 0. The maximum atomic E-state index is 13.3. The zero-order valence-electron chi connectivity index (χ0n) is 16.5. The second-order valence-electron chi connectivity index (χ2n) is 9.54. The maximum Gasteiger partial charge on any atom is 0.194 e. The van der Waals surface area contributed by atoms with Crippen LogP contribution in [0.15, 0.2) is 70.1 Å². The Morgan fingerprint density at radius 2 is 1.65 bits per heavy atom. The molecule has 0 aromatic heterocycles. The van der Waals surface area contributed by atoms with E-state index in [1.807, 2.05) is 18.2 Å². The first-order valence-corrected chi connectivity index (χ1v) is 12.9. The van der Waals surface area contributed by atoms with Crippen LogP contribution in [0.4, 0.5) is 0 Å². The quantitative estimate of drug-likeness (QED) is 0.435. The molecule has 0 heterocycles. The number of fused-ring (bicyclic) bond motifs is 4. The average molecular weight is 359 g/mol. The standard InChI is InChI=1S/C24H26OSi/c1-24(2,3)16-12-11-15-13-20(26(4,5)6)22-21(19(15)14-16)17-9-7-8-10-18(17)23(22)25/h7-13,15H,1-6H3. The topological polar surface area (TPSA) is 17.1 Å². The fourth-order valence-electron chi connectivity index (χ4n) is 4.08. The van der Waals surface area contributed by atoms with E-state index in [2.05, 4.69) is 70.4 Å². The number of allylic oxidation sites excluding steroid dienone is 7. The lowest BCUT2D eigenvalue weighted by Crippen LogP contribution is -2.30. The first-order valence-electron chi connectivity index (χ1n) is 9.40. The lowest BCUT2D eigenvalue weighted by Gasteiger charge is -2.32. The third-order valence-electron chi connectivity index (χ3n) is 5.49. The van der Waals surface area contributed by atoms with Crippen molar-refractivity contribution < 1.29 is 4.79 Å². The number of rotatable bonds is 1. The van der Waals surface area contributed by atoms with Crippen LogP contribution in [0.2, 0.25) is 19.6 Å². The SMILES string of the molecule is CC(C)(C)C1=C=C2C3=C(C(=O)c4ccccc43)C([Si](C)(C)C)=CC2C=C1. The monoisotopic (exact) mass is 358 g/mol. The molecule has 1 aromatic carbocycles. The van der Waals surface area contributed by atoms with Crippen molar-refractivity contribution in [1.29, 1.82) is 0 Å². The van der Waals surface area contributed by atoms with E-state index in [0.29, 0.717) is 0 Å². The predicted molar refractivity (Wildman–Crippen MR) is 112 cm³/mol. The number of carbonyl (C=O) groups excluding carboxylic acids is 1. The normalized spacial score (nSPS) is 21.7. The Balaban J connectivity index is 2.07. The molecule has 1 nitrogen and oxygen atoms in total. The van der Waals surface area contributed by atoms with Crippen molar-refractivity contribution in [3.63, 3.8) is 0 Å². The van der Waals surface area contributed by atoms with Gasteiger partial charge in [0.05, 0.1) is 8.07 Å². The first-order chi connectivity index (χ1) is 12.1. The van der Waals surface area contributed by atoms with Crippen molar-refractivity contribution in [3.8, 4) is 0 Å². The highest BCUT2D eigenvalue weighted by atomic mass is 28.3. The summed E-state index contributed by atoms with van der Waals surface area (Å²) in [6.07, 6.45) is 6.86. The van der Waals surface area contributed by atoms with Gasteiger partial charge in [0.25, 0.3) is 0 Å². The van der Waals surface area contributed by atoms with Crippen LogP contribution < -0.4 is 0 Å². The zero-order valence-corrected chi connectivity index (χ0v) is 17.5. The Kier molecular flexibility index (Phi) is 3.60. The van der Waals surface area contributed by atoms with Crippen molar-refractivity contribution in [2.24, 2.45) is 11.3 Å².